The number of carboxylic acids is 1. The normalized spacial score (nSPS) is 18.2. The van der Waals surface area contributed by atoms with Crippen molar-refractivity contribution in [1.29, 1.82) is 0 Å². The third-order valence-corrected chi connectivity index (χ3v) is 7.53. The molecule has 0 bridgehead atoms. The van der Waals surface area contributed by atoms with Crippen LogP contribution in [0.2, 0.25) is 0 Å². The number of ether oxygens (including phenoxy) is 2. The summed E-state index contributed by atoms with van der Waals surface area (Å²) < 4.78 is 16.6. The second-order valence-corrected chi connectivity index (χ2v) is 11.6. The highest BCUT2D eigenvalue weighted by atomic mass is 16.6. The average Bonchev–Trinajstić information content (AvgIpc) is 3.53. The van der Waals surface area contributed by atoms with E-state index in [9.17, 15) is 19.5 Å². The molecule has 2 aliphatic rings. The first-order valence-electron chi connectivity index (χ1n) is 13.9. The summed E-state index contributed by atoms with van der Waals surface area (Å²) in [6, 6.07) is 17.3. The molecule has 3 aromatic rings. The third kappa shape index (κ3) is 6.53. The molecule has 0 atom stereocenters. The summed E-state index contributed by atoms with van der Waals surface area (Å²) in [5.74, 6) is -1.04. The van der Waals surface area contributed by atoms with Gasteiger partial charge in [-0.1, -0.05) is 53.7 Å². The second kappa shape index (κ2) is 11.6. The monoisotopic (exact) mass is 561 g/mol. The van der Waals surface area contributed by atoms with Gasteiger partial charge in [0.15, 0.2) is 11.5 Å². The van der Waals surface area contributed by atoms with E-state index in [-0.39, 0.29) is 42.6 Å². The fraction of sp³-hybridized carbons (Fsp3) is 0.419. The number of hydrogen-bond donors (Lipinski definition) is 2. The van der Waals surface area contributed by atoms with Gasteiger partial charge in [0.1, 0.15) is 12.2 Å². The summed E-state index contributed by atoms with van der Waals surface area (Å²) in [5.41, 5.74) is 3.69. The smallest absolute Gasteiger partial charge is 0.410 e. The van der Waals surface area contributed by atoms with Gasteiger partial charge in [-0.05, 0) is 68.7 Å². The summed E-state index contributed by atoms with van der Waals surface area (Å²) in [6.07, 6.45) is 1.55. The van der Waals surface area contributed by atoms with E-state index in [2.05, 4.69) is 34.7 Å². The van der Waals surface area contributed by atoms with Crippen molar-refractivity contribution in [1.82, 2.24) is 15.4 Å². The van der Waals surface area contributed by atoms with Crippen LogP contribution in [0.3, 0.4) is 0 Å². The topological polar surface area (TPSA) is 131 Å². The number of alkyl carbamates (subject to hydrolysis) is 1. The van der Waals surface area contributed by atoms with Crippen LogP contribution in [0, 0.1) is 0 Å². The van der Waals surface area contributed by atoms with Gasteiger partial charge in [0, 0.05) is 24.1 Å². The van der Waals surface area contributed by atoms with Gasteiger partial charge in [0.2, 0.25) is 0 Å². The van der Waals surface area contributed by atoms with E-state index in [0.717, 1.165) is 22.3 Å². The number of fused-ring (bicyclic) bond motifs is 3. The van der Waals surface area contributed by atoms with Crippen LogP contribution in [0.1, 0.15) is 79.7 Å². The molecule has 10 nitrogen and oxygen atoms in total. The first kappa shape index (κ1) is 28.2. The lowest BCUT2D eigenvalue weighted by Crippen LogP contribution is -2.47. The second-order valence-electron chi connectivity index (χ2n) is 11.6. The molecular formula is C31H35N3O7. The molecule has 1 saturated carbocycles. The van der Waals surface area contributed by atoms with E-state index in [1.54, 1.807) is 4.90 Å². The van der Waals surface area contributed by atoms with Crippen molar-refractivity contribution < 1.29 is 33.5 Å². The molecule has 0 radical (unpaired) electrons. The van der Waals surface area contributed by atoms with Crippen LogP contribution in [0.15, 0.2) is 59.1 Å². The van der Waals surface area contributed by atoms with Crippen LogP contribution < -0.4 is 5.32 Å². The molecule has 0 aliphatic heterocycles. The molecule has 2 aliphatic carbocycles. The SMILES string of the molecule is CC(C)(C)OC(=O)NC1CCC(N(Cc2cc(C(=O)O)no2)C(=O)OCC2c3ccccc3-c3ccccc32)CC1. The van der Waals surface area contributed by atoms with Crippen LogP contribution in [0.25, 0.3) is 11.1 Å². The maximum Gasteiger partial charge on any atom is 0.410 e. The van der Waals surface area contributed by atoms with Crippen LogP contribution in [-0.4, -0.2) is 57.6 Å². The number of carboxylic acid groups (broad SMARTS) is 1. The summed E-state index contributed by atoms with van der Waals surface area (Å²) in [4.78, 5) is 38.8. The summed E-state index contributed by atoms with van der Waals surface area (Å²) >= 11 is 0. The summed E-state index contributed by atoms with van der Waals surface area (Å²) in [6.45, 7) is 5.63. The van der Waals surface area contributed by atoms with Crippen molar-refractivity contribution in [2.24, 2.45) is 0 Å². The quantitative estimate of drug-likeness (QED) is 0.361. The van der Waals surface area contributed by atoms with Crippen LogP contribution in [-0.2, 0) is 16.0 Å². The summed E-state index contributed by atoms with van der Waals surface area (Å²) in [7, 11) is 0. The molecule has 41 heavy (non-hydrogen) atoms. The zero-order chi connectivity index (χ0) is 29.1. The van der Waals surface area contributed by atoms with Gasteiger partial charge >= 0.3 is 18.2 Å². The number of carbonyl (C=O) groups excluding carboxylic acids is 2. The number of rotatable bonds is 7. The maximum atomic E-state index is 13.6. The Kier molecular flexibility index (Phi) is 8.01. The van der Waals surface area contributed by atoms with Gasteiger partial charge in [0.05, 0.1) is 6.54 Å². The highest BCUT2D eigenvalue weighted by molar-refractivity contribution is 5.85. The lowest BCUT2D eigenvalue weighted by atomic mass is 9.90. The highest BCUT2D eigenvalue weighted by Gasteiger charge is 2.34. The Morgan fingerprint density at radius 3 is 2.17 bits per heavy atom. The number of nitrogens with one attached hydrogen (secondary N) is 1. The zero-order valence-corrected chi connectivity index (χ0v) is 23.5. The number of nitrogens with zero attached hydrogens (tertiary/aromatic N) is 2. The Labute approximate surface area is 238 Å². The Bertz CT molecular complexity index is 1370. The summed E-state index contributed by atoms with van der Waals surface area (Å²) in [5, 5.41) is 15.8. The van der Waals surface area contributed by atoms with Crippen molar-refractivity contribution >= 4 is 18.2 Å². The van der Waals surface area contributed by atoms with Gasteiger partial charge in [0.25, 0.3) is 0 Å². The van der Waals surface area contributed by atoms with E-state index >= 15 is 0 Å². The largest absolute Gasteiger partial charge is 0.476 e. The number of aromatic nitrogens is 1. The average molecular weight is 562 g/mol. The van der Waals surface area contributed by atoms with Gasteiger partial charge in [-0.3, -0.25) is 4.90 Å². The van der Waals surface area contributed by atoms with E-state index in [0.29, 0.717) is 25.7 Å². The molecule has 10 heteroatoms. The maximum absolute atomic E-state index is 13.6. The molecule has 2 aromatic carbocycles. The van der Waals surface area contributed by atoms with Crippen molar-refractivity contribution in [2.75, 3.05) is 6.61 Å². The zero-order valence-electron chi connectivity index (χ0n) is 23.5. The molecule has 2 amide bonds. The van der Waals surface area contributed by atoms with Crippen molar-refractivity contribution in [3.8, 4) is 11.1 Å². The molecule has 1 heterocycles. The van der Waals surface area contributed by atoms with Crippen molar-refractivity contribution in [2.45, 2.75) is 76.6 Å². The molecule has 5 rings (SSSR count). The Morgan fingerprint density at radius 2 is 1.61 bits per heavy atom. The standard InChI is InChI=1S/C31H35N3O7/c1-31(2,3)40-29(37)32-19-12-14-20(15-13-19)34(17-21-16-27(28(35)36)33-41-21)30(38)39-18-26-24-10-6-4-8-22(24)23-9-5-7-11-25(23)26/h4-11,16,19-20,26H,12-15,17-18H2,1-3H3,(H,32,37)(H,35,36). The van der Waals surface area contributed by atoms with Crippen molar-refractivity contribution in [3.63, 3.8) is 0 Å². The lowest BCUT2D eigenvalue weighted by Gasteiger charge is -2.36. The number of amides is 2. The molecule has 216 valence electrons. The number of benzene rings is 2. The number of carbonyl (C=O) groups is 3. The molecule has 0 saturated heterocycles. The first-order valence-corrected chi connectivity index (χ1v) is 13.9. The minimum atomic E-state index is -1.21. The predicted molar refractivity (Wildman–Crippen MR) is 149 cm³/mol. The van der Waals surface area contributed by atoms with Crippen LogP contribution in [0.4, 0.5) is 9.59 Å². The van der Waals surface area contributed by atoms with E-state index in [4.69, 9.17) is 14.0 Å². The van der Waals surface area contributed by atoms with Gasteiger partial charge in [-0.25, -0.2) is 14.4 Å². The molecule has 2 N–H and O–H groups in total. The minimum Gasteiger partial charge on any atom is -0.476 e. The van der Waals surface area contributed by atoms with E-state index in [1.807, 2.05) is 45.0 Å². The Balaban J connectivity index is 1.28. The lowest BCUT2D eigenvalue weighted by molar-refractivity contribution is 0.0448. The van der Waals surface area contributed by atoms with Crippen LogP contribution >= 0.6 is 0 Å². The Hall–Kier alpha value is -4.34. The van der Waals surface area contributed by atoms with Crippen LogP contribution in [0.5, 0.6) is 0 Å². The first-order chi connectivity index (χ1) is 19.6. The van der Waals surface area contributed by atoms with Gasteiger partial charge < -0.3 is 24.4 Å². The number of aromatic carboxylic acids is 1. The molecule has 1 fully saturated rings. The highest BCUT2D eigenvalue weighted by Crippen LogP contribution is 2.44. The molecule has 0 unspecified atom stereocenters. The van der Waals surface area contributed by atoms with E-state index in [1.165, 1.54) is 6.07 Å². The van der Waals surface area contributed by atoms with Crippen molar-refractivity contribution in [3.05, 3.63) is 77.2 Å². The fourth-order valence-corrected chi connectivity index (χ4v) is 5.68. The van der Waals surface area contributed by atoms with Gasteiger partial charge in [-0.15, -0.1) is 0 Å². The predicted octanol–water partition coefficient (Wildman–Crippen LogP) is 5.96. The third-order valence-electron chi connectivity index (χ3n) is 7.53. The minimum absolute atomic E-state index is 0.0196. The van der Waals surface area contributed by atoms with Gasteiger partial charge in [-0.2, -0.15) is 0 Å². The molecular weight excluding hydrogens is 526 g/mol. The van der Waals surface area contributed by atoms with E-state index < -0.39 is 23.8 Å². The molecule has 1 aromatic heterocycles. The fourth-order valence-electron chi connectivity index (χ4n) is 5.68. The Morgan fingerprint density at radius 1 is 1.00 bits per heavy atom. The number of hydrogen-bond acceptors (Lipinski definition) is 7. The molecule has 0 spiro atoms.